The maximum Gasteiger partial charge on any atom is 0.306 e. The van der Waals surface area contributed by atoms with Gasteiger partial charge in [-0.15, -0.1) is 0 Å². The molecule has 0 aromatic heterocycles. The summed E-state index contributed by atoms with van der Waals surface area (Å²) in [6.07, 6.45) is 3.08. The van der Waals surface area contributed by atoms with Gasteiger partial charge >= 0.3 is 5.97 Å². The minimum atomic E-state index is -0.941. The van der Waals surface area contributed by atoms with Crippen molar-refractivity contribution in [3.8, 4) is 11.8 Å². The molecular formula is C12H18O3. The lowest BCUT2D eigenvalue weighted by atomic mass is 9.82. The zero-order valence-electron chi connectivity index (χ0n) is 9.29. The van der Waals surface area contributed by atoms with Gasteiger partial charge in [-0.25, -0.2) is 0 Å². The van der Waals surface area contributed by atoms with Crippen LogP contribution in [0.15, 0.2) is 0 Å². The van der Waals surface area contributed by atoms with Gasteiger partial charge in [0.1, 0.15) is 5.60 Å². The fraction of sp³-hybridized carbons (Fsp3) is 0.750. The van der Waals surface area contributed by atoms with Crippen LogP contribution in [0.4, 0.5) is 0 Å². The largest absolute Gasteiger partial charge is 0.481 e. The summed E-state index contributed by atoms with van der Waals surface area (Å²) in [6.45, 7) is 3.31. The topological polar surface area (TPSA) is 57.5 Å². The van der Waals surface area contributed by atoms with E-state index in [4.69, 9.17) is 5.11 Å². The van der Waals surface area contributed by atoms with Gasteiger partial charge in [0.15, 0.2) is 0 Å². The lowest BCUT2D eigenvalue weighted by Crippen LogP contribution is -2.21. The Balaban J connectivity index is 2.44. The maximum absolute atomic E-state index is 10.7. The molecule has 1 aliphatic carbocycles. The van der Waals surface area contributed by atoms with Crippen LogP contribution < -0.4 is 0 Å². The molecule has 1 fully saturated rings. The third kappa shape index (κ3) is 4.35. The summed E-state index contributed by atoms with van der Waals surface area (Å²) in [5.41, 5.74) is -0.941. The van der Waals surface area contributed by atoms with Crippen LogP contribution >= 0.6 is 0 Å². The molecule has 0 aromatic carbocycles. The maximum atomic E-state index is 10.7. The second-order valence-electron chi connectivity index (χ2n) is 4.72. The summed E-state index contributed by atoms with van der Waals surface area (Å²) < 4.78 is 0. The van der Waals surface area contributed by atoms with Crippen molar-refractivity contribution < 1.29 is 15.0 Å². The zero-order chi connectivity index (χ0) is 11.5. The molecule has 0 spiro atoms. The second-order valence-corrected chi connectivity index (χ2v) is 4.72. The highest BCUT2D eigenvalue weighted by Gasteiger charge is 2.25. The number of aliphatic carboxylic acids is 1. The SMILES string of the molecule is CC(C)(O)C#CC1CCC(C(=O)O)CC1. The summed E-state index contributed by atoms with van der Waals surface area (Å²) in [5.74, 6) is 5.20. The van der Waals surface area contributed by atoms with E-state index in [0.29, 0.717) is 12.8 Å². The third-order valence-electron chi connectivity index (χ3n) is 2.66. The first-order chi connectivity index (χ1) is 6.88. The number of hydrogen-bond donors (Lipinski definition) is 2. The van der Waals surface area contributed by atoms with Crippen LogP contribution in [0.1, 0.15) is 39.5 Å². The smallest absolute Gasteiger partial charge is 0.306 e. The number of carboxylic acids is 1. The molecule has 15 heavy (non-hydrogen) atoms. The zero-order valence-corrected chi connectivity index (χ0v) is 9.29. The molecule has 0 aromatic rings. The van der Waals surface area contributed by atoms with Gasteiger partial charge in [-0.2, -0.15) is 0 Å². The van der Waals surface area contributed by atoms with Crippen molar-refractivity contribution in [2.24, 2.45) is 11.8 Å². The lowest BCUT2D eigenvalue weighted by molar-refractivity contribution is -0.142. The van der Waals surface area contributed by atoms with E-state index in [1.807, 2.05) is 0 Å². The van der Waals surface area contributed by atoms with Gasteiger partial charge in [0.2, 0.25) is 0 Å². The van der Waals surface area contributed by atoms with Crippen LogP contribution in [-0.4, -0.2) is 21.8 Å². The van der Waals surface area contributed by atoms with Crippen molar-refractivity contribution in [2.45, 2.75) is 45.1 Å². The Kier molecular flexibility index (Phi) is 3.76. The highest BCUT2D eigenvalue weighted by atomic mass is 16.4. The van der Waals surface area contributed by atoms with E-state index >= 15 is 0 Å². The minimum absolute atomic E-state index is 0.190. The molecular weight excluding hydrogens is 192 g/mol. The van der Waals surface area contributed by atoms with Crippen LogP contribution in [0.3, 0.4) is 0 Å². The standard InChI is InChI=1S/C12H18O3/c1-12(2,15)8-7-9-3-5-10(6-4-9)11(13)14/h9-10,15H,3-6H2,1-2H3,(H,13,14). The van der Waals surface area contributed by atoms with Crippen LogP contribution in [0, 0.1) is 23.7 Å². The van der Waals surface area contributed by atoms with E-state index in [-0.39, 0.29) is 11.8 Å². The molecule has 0 radical (unpaired) electrons. The molecule has 84 valence electrons. The Hall–Kier alpha value is -1.01. The Morgan fingerprint density at radius 1 is 1.27 bits per heavy atom. The van der Waals surface area contributed by atoms with E-state index in [0.717, 1.165) is 12.8 Å². The van der Waals surface area contributed by atoms with Crippen molar-refractivity contribution in [3.05, 3.63) is 0 Å². The summed E-state index contributed by atoms with van der Waals surface area (Å²) in [5, 5.41) is 18.2. The summed E-state index contributed by atoms with van der Waals surface area (Å²) in [4.78, 5) is 10.7. The molecule has 0 unspecified atom stereocenters. The van der Waals surface area contributed by atoms with Gasteiger partial charge in [-0.1, -0.05) is 11.8 Å². The van der Waals surface area contributed by atoms with Gasteiger partial charge in [0.25, 0.3) is 0 Å². The first-order valence-electron chi connectivity index (χ1n) is 5.36. The predicted molar refractivity (Wildman–Crippen MR) is 57.2 cm³/mol. The van der Waals surface area contributed by atoms with Crippen molar-refractivity contribution in [3.63, 3.8) is 0 Å². The Bertz CT molecular complexity index is 282. The van der Waals surface area contributed by atoms with E-state index in [9.17, 15) is 9.90 Å². The third-order valence-corrected chi connectivity index (χ3v) is 2.66. The van der Waals surface area contributed by atoms with Crippen LogP contribution in [-0.2, 0) is 4.79 Å². The molecule has 0 bridgehead atoms. The normalized spacial score (nSPS) is 26.6. The summed E-state index contributed by atoms with van der Waals surface area (Å²) >= 11 is 0. The minimum Gasteiger partial charge on any atom is -0.481 e. The van der Waals surface area contributed by atoms with Crippen molar-refractivity contribution in [1.82, 2.24) is 0 Å². The van der Waals surface area contributed by atoms with E-state index in [1.54, 1.807) is 13.8 Å². The van der Waals surface area contributed by atoms with Crippen molar-refractivity contribution in [2.75, 3.05) is 0 Å². The number of aliphatic hydroxyl groups is 1. The van der Waals surface area contributed by atoms with Crippen LogP contribution in [0.25, 0.3) is 0 Å². The fourth-order valence-electron chi connectivity index (χ4n) is 1.76. The number of carboxylic acid groups (broad SMARTS) is 1. The second kappa shape index (κ2) is 4.67. The molecule has 3 nitrogen and oxygen atoms in total. The summed E-state index contributed by atoms with van der Waals surface area (Å²) in [7, 11) is 0. The Labute approximate surface area is 90.5 Å². The fourth-order valence-corrected chi connectivity index (χ4v) is 1.76. The number of rotatable bonds is 1. The molecule has 1 rings (SSSR count). The first-order valence-corrected chi connectivity index (χ1v) is 5.36. The van der Waals surface area contributed by atoms with Crippen molar-refractivity contribution >= 4 is 5.97 Å². The average Bonchev–Trinajstić information content (AvgIpc) is 2.14. The Morgan fingerprint density at radius 2 is 1.80 bits per heavy atom. The molecule has 0 saturated heterocycles. The van der Waals surface area contributed by atoms with Gasteiger partial charge in [-0.3, -0.25) is 4.79 Å². The monoisotopic (exact) mass is 210 g/mol. The molecule has 1 saturated carbocycles. The molecule has 3 heteroatoms. The molecule has 0 heterocycles. The molecule has 0 atom stereocenters. The van der Waals surface area contributed by atoms with E-state index in [2.05, 4.69) is 11.8 Å². The van der Waals surface area contributed by atoms with Gasteiger partial charge in [0.05, 0.1) is 5.92 Å². The molecule has 2 N–H and O–H groups in total. The summed E-state index contributed by atoms with van der Waals surface area (Å²) in [6, 6.07) is 0. The van der Waals surface area contributed by atoms with Crippen LogP contribution in [0.5, 0.6) is 0 Å². The number of hydrogen-bond acceptors (Lipinski definition) is 2. The highest BCUT2D eigenvalue weighted by Crippen LogP contribution is 2.28. The highest BCUT2D eigenvalue weighted by molar-refractivity contribution is 5.70. The average molecular weight is 210 g/mol. The lowest BCUT2D eigenvalue weighted by Gasteiger charge is -2.22. The molecule has 1 aliphatic rings. The quantitative estimate of drug-likeness (QED) is 0.647. The van der Waals surface area contributed by atoms with Crippen LogP contribution in [0.2, 0.25) is 0 Å². The number of carbonyl (C=O) groups is 1. The van der Waals surface area contributed by atoms with E-state index in [1.165, 1.54) is 0 Å². The van der Waals surface area contributed by atoms with Gasteiger partial charge in [0, 0.05) is 5.92 Å². The van der Waals surface area contributed by atoms with Crippen molar-refractivity contribution in [1.29, 1.82) is 0 Å². The van der Waals surface area contributed by atoms with Gasteiger partial charge in [-0.05, 0) is 39.5 Å². The Morgan fingerprint density at radius 3 is 2.20 bits per heavy atom. The molecule has 0 amide bonds. The predicted octanol–water partition coefficient (Wildman–Crippen LogP) is 1.65. The van der Waals surface area contributed by atoms with Gasteiger partial charge < -0.3 is 10.2 Å². The first kappa shape index (κ1) is 12.1. The molecule has 0 aliphatic heterocycles. The van der Waals surface area contributed by atoms with E-state index < -0.39 is 11.6 Å².